The lowest BCUT2D eigenvalue weighted by Crippen LogP contribution is -2.09. The second-order valence-electron chi connectivity index (χ2n) is 6.70. The van der Waals surface area contributed by atoms with Crippen molar-refractivity contribution < 1.29 is 9.84 Å². The highest BCUT2D eigenvalue weighted by Crippen LogP contribution is 2.32. The minimum absolute atomic E-state index is 0.0349. The summed E-state index contributed by atoms with van der Waals surface area (Å²) in [5, 5.41) is 18.5. The minimum Gasteiger partial charge on any atom is -0.486 e. The smallest absolute Gasteiger partial charge is 0.124 e. The van der Waals surface area contributed by atoms with E-state index in [0.717, 1.165) is 5.56 Å². The van der Waals surface area contributed by atoms with Crippen LogP contribution in [-0.4, -0.2) is 38.7 Å². The largest absolute Gasteiger partial charge is 0.486 e. The molecule has 162 valence electrons. The lowest BCUT2D eigenvalue weighted by atomic mass is 10.1. The first-order valence-corrected chi connectivity index (χ1v) is 10.4. The highest BCUT2D eigenvalue weighted by Gasteiger charge is 2.17. The zero-order valence-corrected chi connectivity index (χ0v) is 18.5. The van der Waals surface area contributed by atoms with Gasteiger partial charge in [-0.05, 0) is 36.8 Å². The van der Waals surface area contributed by atoms with E-state index in [1.165, 1.54) is 12.4 Å². The predicted octanol–water partition coefficient (Wildman–Crippen LogP) is 4.32. The fraction of sp³-hybridized carbons (Fsp3) is 0.227. The number of allylic oxidation sites excluding steroid dienone is 4. The Hall–Kier alpha value is -2.87. The van der Waals surface area contributed by atoms with Gasteiger partial charge in [0.05, 0.1) is 41.7 Å². The maximum absolute atomic E-state index is 9.01. The summed E-state index contributed by atoms with van der Waals surface area (Å²) < 4.78 is 7.79. The van der Waals surface area contributed by atoms with Crippen molar-refractivity contribution in [1.29, 1.82) is 0 Å². The van der Waals surface area contributed by atoms with Crippen LogP contribution in [0.15, 0.2) is 72.1 Å². The number of nitrogens with one attached hydrogen (secondary N) is 1. The Morgan fingerprint density at radius 1 is 1.29 bits per heavy atom. The van der Waals surface area contributed by atoms with Gasteiger partial charge in [0.2, 0.25) is 0 Å². The average molecular weight is 460 g/mol. The van der Waals surface area contributed by atoms with Crippen LogP contribution in [0.1, 0.15) is 24.2 Å². The Labute approximate surface area is 191 Å². The third kappa shape index (κ3) is 6.30. The molecule has 0 spiro atoms. The van der Waals surface area contributed by atoms with Gasteiger partial charge in [0, 0.05) is 29.7 Å². The van der Waals surface area contributed by atoms with Crippen LogP contribution in [0.25, 0.3) is 6.08 Å². The Morgan fingerprint density at radius 3 is 2.81 bits per heavy atom. The van der Waals surface area contributed by atoms with Gasteiger partial charge in [-0.3, -0.25) is 9.67 Å². The normalized spacial score (nSPS) is 19.9. The Balaban J connectivity index is 1.77. The van der Waals surface area contributed by atoms with Crippen molar-refractivity contribution >= 4 is 35.0 Å². The zero-order chi connectivity index (χ0) is 22.2. The first-order chi connectivity index (χ1) is 15.0. The van der Waals surface area contributed by atoms with Gasteiger partial charge in [-0.2, -0.15) is 10.2 Å². The molecule has 3 heterocycles. The third-order valence-electron chi connectivity index (χ3n) is 4.36. The van der Waals surface area contributed by atoms with Gasteiger partial charge in [-0.1, -0.05) is 35.9 Å². The summed E-state index contributed by atoms with van der Waals surface area (Å²) in [5.41, 5.74) is 5.85. The van der Waals surface area contributed by atoms with Crippen molar-refractivity contribution in [2.24, 2.45) is 5.10 Å². The third-order valence-corrected chi connectivity index (χ3v) is 4.96. The molecule has 9 heteroatoms. The number of hydrogen-bond acceptors (Lipinski definition) is 6. The van der Waals surface area contributed by atoms with E-state index in [1.807, 2.05) is 37.4 Å². The minimum atomic E-state index is -0.395. The molecule has 0 aliphatic carbocycles. The molecule has 0 unspecified atom stereocenters. The molecule has 7 nitrogen and oxygen atoms in total. The van der Waals surface area contributed by atoms with Crippen LogP contribution in [0.5, 0.6) is 0 Å². The van der Waals surface area contributed by atoms with Crippen molar-refractivity contribution in [3.05, 3.63) is 88.2 Å². The zero-order valence-electron chi connectivity index (χ0n) is 17.0. The number of rotatable bonds is 7. The predicted molar refractivity (Wildman–Crippen MR) is 124 cm³/mol. The van der Waals surface area contributed by atoms with E-state index in [2.05, 4.69) is 27.2 Å². The van der Waals surface area contributed by atoms with Crippen LogP contribution < -0.4 is 5.43 Å². The lowest BCUT2D eigenvalue weighted by Gasteiger charge is -2.18. The Morgan fingerprint density at radius 2 is 2.06 bits per heavy atom. The van der Waals surface area contributed by atoms with Crippen molar-refractivity contribution in [3.8, 4) is 0 Å². The fourth-order valence-corrected chi connectivity index (χ4v) is 3.55. The SMILES string of the molecule is C=C1/C=C(O[C@H](C)c2c(Cl)cncc2Cl)\C=C/CN/N=C1/C=C/c1cnn(CCO)c1. The highest BCUT2D eigenvalue weighted by atomic mass is 35.5. The Kier molecular flexibility index (Phi) is 8.06. The number of hydrazone groups is 1. The van der Waals surface area contributed by atoms with Crippen molar-refractivity contribution in [2.75, 3.05) is 13.2 Å². The monoisotopic (exact) mass is 459 g/mol. The van der Waals surface area contributed by atoms with Crippen LogP contribution in [-0.2, 0) is 11.3 Å². The summed E-state index contributed by atoms with van der Waals surface area (Å²) >= 11 is 12.5. The summed E-state index contributed by atoms with van der Waals surface area (Å²) in [6, 6.07) is 0. The number of aliphatic hydroxyl groups is 1. The molecule has 3 rings (SSSR count). The molecule has 0 aromatic carbocycles. The van der Waals surface area contributed by atoms with E-state index in [0.29, 0.717) is 45.7 Å². The van der Waals surface area contributed by atoms with Gasteiger partial charge in [0.25, 0.3) is 0 Å². The van der Waals surface area contributed by atoms with Gasteiger partial charge in [-0.15, -0.1) is 0 Å². The molecule has 0 radical (unpaired) electrons. The summed E-state index contributed by atoms with van der Waals surface area (Å²) in [7, 11) is 0. The molecule has 1 atom stereocenters. The number of ether oxygens (including phenoxy) is 1. The number of nitrogens with zero attached hydrogens (tertiary/aromatic N) is 4. The number of aliphatic hydroxyl groups excluding tert-OH is 1. The molecule has 0 saturated carbocycles. The molecule has 2 N–H and O–H groups in total. The summed E-state index contributed by atoms with van der Waals surface area (Å²) in [6.07, 6.45) is 15.5. The average Bonchev–Trinajstić information content (AvgIpc) is 3.19. The number of halogens is 2. The van der Waals surface area contributed by atoms with Crippen LogP contribution >= 0.6 is 23.2 Å². The second-order valence-corrected chi connectivity index (χ2v) is 7.52. The van der Waals surface area contributed by atoms with Crippen LogP contribution in [0, 0.1) is 0 Å². The molecule has 0 bridgehead atoms. The molecule has 0 amide bonds. The molecule has 0 fully saturated rings. The van der Waals surface area contributed by atoms with E-state index in [-0.39, 0.29) is 6.61 Å². The van der Waals surface area contributed by atoms with E-state index in [4.69, 9.17) is 33.0 Å². The van der Waals surface area contributed by atoms with Gasteiger partial charge in [0.1, 0.15) is 11.9 Å². The van der Waals surface area contributed by atoms with Crippen LogP contribution in [0.2, 0.25) is 10.0 Å². The molecule has 1 aliphatic rings. The fourth-order valence-electron chi connectivity index (χ4n) is 2.88. The Bertz CT molecular complexity index is 1040. The van der Waals surface area contributed by atoms with Crippen molar-refractivity contribution in [3.63, 3.8) is 0 Å². The quantitative estimate of drug-likeness (QED) is 0.643. The molecule has 2 aromatic heterocycles. The van der Waals surface area contributed by atoms with Crippen LogP contribution in [0.4, 0.5) is 0 Å². The van der Waals surface area contributed by atoms with Crippen molar-refractivity contribution in [2.45, 2.75) is 19.6 Å². The molecule has 0 saturated heterocycles. The van der Waals surface area contributed by atoms with Crippen LogP contribution in [0.3, 0.4) is 0 Å². The summed E-state index contributed by atoms with van der Waals surface area (Å²) in [4.78, 5) is 3.98. The van der Waals surface area contributed by atoms with E-state index in [1.54, 1.807) is 17.0 Å². The highest BCUT2D eigenvalue weighted by molar-refractivity contribution is 6.35. The first-order valence-electron chi connectivity index (χ1n) is 9.63. The maximum atomic E-state index is 9.01. The molecular weight excluding hydrogens is 437 g/mol. The first kappa shape index (κ1) is 22.8. The molecule has 1 aliphatic heterocycles. The van der Waals surface area contributed by atoms with E-state index in [9.17, 15) is 0 Å². The number of hydrogen-bond donors (Lipinski definition) is 2. The number of pyridine rings is 1. The van der Waals surface area contributed by atoms with E-state index < -0.39 is 6.10 Å². The maximum Gasteiger partial charge on any atom is 0.124 e. The van der Waals surface area contributed by atoms with Gasteiger partial charge in [0.15, 0.2) is 0 Å². The van der Waals surface area contributed by atoms with Gasteiger partial charge >= 0.3 is 0 Å². The van der Waals surface area contributed by atoms with E-state index >= 15 is 0 Å². The van der Waals surface area contributed by atoms with Gasteiger partial charge < -0.3 is 15.3 Å². The molecule has 31 heavy (non-hydrogen) atoms. The summed E-state index contributed by atoms with van der Waals surface area (Å²) in [5.74, 6) is 0.599. The molecular formula is C22H23Cl2N5O2. The topological polar surface area (TPSA) is 84.6 Å². The second kappa shape index (κ2) is 10.9. The molecule has 2 aromatic rings. The van der Waals surface area contributed by atoms with Crippen molar-refractivity contribution in [1.82, 2.24) is 20.2 Å². The lowest BCUT2D eigenvalue weighted by molar-refractivity contribution is 0.143. The standard InChI is InChI=1S/C22H23Cl2N5O2/c1-15-10-18(31-16(2)22-19(23)12-25-13-20(22)24)4-3-7-26-28-21(15)6-5-17-11-27-29(14-17)8-9-30/h3-6,10-14,16,26,30H,1,7-9H2,2H3/b4-3-,6-5+,18-10+,28-21-/t16-/m1/s1. The number of aromatic nitrogens is 3. The van der Waals surface area contributed by atoms with Gasteiger partial charge in [-0.25, -0.2) is 0 Å². The summed E-state index contributed by atoms with van der Waals surface area (Å²) in [6.45, 7) is 6.99.